The quantitative estimate of drug-likeness (QED) is 0.285. The van der Waals surface area contributed by atoms with Gasteiger partial charge in [-0.1, -0.05) is 0 Å². The van der Waals surface area contributed by atoms with Crippen LogP contribution < -0.4 is 5.48 Å². The van der Waals surface area contributed by atoms with Crippen molar-refractivity contribution in [3.8, 4) is 0 Å². The molecule has 0 heterocycles. The minimum Gasteiger partial charge on any atom is -0.481 e. The zero-order valence-electron chi connectivity index (χ0n) is 11.5. The molecule has 4 N–H and O–H groups in total. The summed E-state index contributed by atoms with van der Waals surface area (Å²) in [7, 11) is 3.76. The molecule has 0 aliphatic carbocycles. The van der Waals surface area contributed by atoms with Gasteiger partial charge in [-0.3, -0.25) is 9.59 Å². The van der Waals surface area contributed by atoms with Crippen molar-refractivity contribution in [1.29, 1.82) is 0 Å². The Hall–Kier alpha value is -1.71. The lowest BCUT2D eigenvalue weighted by Gasteiger charge is -2.20. The zero-order chi connectivity index (χ0) is 15.8. The van der Waals surface area contributed by atoms with Crippen molar-refractivity contribution < 1.29 is 34.5 Å². The van der Waals surface area contributed by atoms with E-state index in [0.29, 0.717) is 13.0 Å². The average molecular weight is 292 g/mol. The lowest BCUT2D eigenvalue weighted by Crippen LogP contribution is -2.43. The maximum absolute atomic E-state index is 11.3. The Morgan fingerprint density at radius 2 is 1.80 bits per heavy atom. The van der Waals surface area contributed by atoms with Gasteiger partial charge in [-0.25, -0.2) is 4.79 Å². The normalized spacial score (nSPS) is 13.8. The Kier molecular flexibility index (Phi) is 7.74. The van der Waals surface area contributed by atoms with E-state index in [1.54, 1.807) is 0 Å². The van der Waals surface area contributed by atoms with Crippen molar-refractivity contribution in [2.45, 2.75) is 24.9 Å². The second-order valence-corrected chi connectivity index (χ2v) is 4.61. The summed E-state index contributed by atoms with van der Waals surface area (Å²) in [6, 6.07) is 0. The number of carboxylic acids is 2. The monoisotopic (exact) mass is 292 g/mol. The van der Waals surface area contributed by atoms with Gasteiger partial charge in [0.05, 0.1) is 12.8 Å². The van der Waals surface area contributed by atoms with E-state index in [4.69, 9.17) is 10.2 Å². The van der Waals surface area contributed by atoms with E-state index < -0.39 is 36.4 Å². The molecule has 116 valence electrons. The molecule has 9 heteroatoms. The number of carboxylic acid groups (broad SMARTS) is 2. The molecule has 1 atom stereocenters. The molecule has 1 unspecified atom stereocenters. The molecule has 0 aromatic carbocycles. The van der Waals surface area contributed by atoms with Crippen LogP contribution in [0.1, 0.15) is 19.3 Å². The molecule has 0 aromatic rings. The van der Waals surface area contributed by atoms with Crippen LogP contribution in [0.3, 0.4) is 0 Å². The van der Waals surface area contributed by atoms with Crippen molar-refractivity contribution in [2.24, 2.45) is 0 Å². The third-order valence-corrected chi connectivity index (χ3v) is 2.35. The minimum atomic E-state index is -2.67. The van der Waals surface area contributed by atoms with Crippen LogP contribution in [0.2, 0.25) is 0 Å². The Bertz CT molecular complexity index is 359. The van der Waals surface area contributed by atoms with Gasteiger partial charge >= 0.3 is 17.9 Å². The second-order valence-electron chi connectivity index (χ2n) is 4.61. The Morgan fingerprint density at radius 1 is 1.20 bits per heavy atom. The zero-order valence-corrected chi connectivity index (χ0v) is 11.5. The van der Waals surface area contributed by atoms with Crippen LogP contribution in [-0.2, 0) is 19.2 Å². The summed E-state index contributed by atoms with van der Waals surface area (Å²) in [6.45, 7) is 1.12. The molecule has 0 amide bonds. The Labute approximate surface area is 116 Å². The van der Waals surface area contributed by atoms with Gasteiger partial charge in [0.1, 0.15) is 0 Å². The summed E-state index contributed by atoms with van der Waals surface area (Å²) >= 11 is 0. The van der Waals surface area contributed by atoms with Crippen molar-refractivity contribution in [1.82, 2.24) is 10.4 Å². The molecule has 0 fully saturated rings. The summed E-state index contributed by atoms with van der Waals surface area (Å²) in [5, 5.41) is 26.9. The van der Waals surface area contributed by atoms with Crippen LogP contribution in [-0.4, -0.2) is 70.9 Å². The minimum absolute atomic E-state index is 0.356. The molecular weight excluding hydrogens is 272 g/mol. The van der Waals surface area contributed by atoms with Crippen LogP contribution in [0.4, 0.5) is 0 Å². The molecule has 0 radical (unpaired) electrons. The van der Waals surface area contributed by atoms with Gasteiger partial charge in [-0.2, -0.15) is 5.48 Å². The number of hydrogen-bond acceptors (Lipinski definition) is 7. The second kappa shape index (κ2) is 8.46. The number of rotatable bonds is 10. The van der Waals surface area contributed by atoms with Crippen molar-refractivity contribution in [3.63, 3.8) is 0 Å². The maximum atomic E-state index is 11.3. The summed E-state index contributed by atoms with van der Waals surface area (Å²) in [6.07, 6.45) is -1.34. The van der Waals surface area contributed by atoms with E-state index in [1.165, 1.54) is 0 Å². The van der Waals surface area contributed by atoms with Gasteiger partial charge in [0, 0.05) is 6.54 Å². The number of nitrogens with zero attached hydrogens (tertiary/aromatic N) is 1. The maximum Gasteiger partial charge on any atom is 0.336 e. The number of carbonyl (C=O) groups excluding carboxylic acids is 1. The highest BCUT2D eigenvalue weighted by atomic mass is 16.7. The van der Waals surface area contributed by atoms with E-state index in [2.05, 4.69) is 10.3 Å². The highest BCUT2D eigenvalue weighted by molar-refractivity contribution is 5.88. The van der Waals surface area contributed by atoms with Gasteiger partial charge in [0.25, 0.3) is 0 Å². The molecule has 0 saturated carbocycles. The molecule has 0 aromatic heterocycles. The van der Waals surface area contributed by atoms with Gasteiger partial charge < -0.3 is 25.1 Å². The predicted molar refractivity (Wildman–Crippen MR) is 66.7 cm³/mol. The standard InChI is InChI=1S/C11H20N2O7/c1-13(2)5-3-4-12-20-9(16)7-11(19,10(17)18)6-8(14)15/h12,19H,3-7H2,1-2H3,(H,14,15)(H,17,18). The number of nitrogens with one attached hydrogen (secondary N) is 1. The molecule has 0 aliphatic rings. The highest BCUT2D eigenvalue weighted by Crippen LogP contribution is 2.16. The third kappa shape index (κ3) is 7.67. The first-order valence-electron chi connectivity index (χ1n) is 5.92. The number of hydrogen-bond donors (Lipinski definition) is 4. The van der Waals surface area contributed by atoms with Crippen molar-refractivity contribution in [3.05, 3.63) is 0 Å². The molecule has 20 heavy (non-hydrogen) atoms. The summed E-state index contributed by atoms with van der Waals surface area (Å²) in [5.74, 6) is -4.35. The molecule has 0 aliphatic heterocycles. The van der Waals surface area contributed by atoms with Gasteiger partial charge in [-0.15, -0.1) is 0 Å². The van der Waals surface area contributed by atoms with Gasteiger partial charge in [-0.05, 0) is 27.1 Å². The molecule has 9 nitrogen and oxygen atoms in total. The Balaban J connectivity index is 4.15. The first-order chi connectivity index (χ1) is 9.17. The van der Waals surface area contributed by atoms with E-state index >= 15 is 0 Å². The topological polar surface area (TPSA) is 136 Å². The first-order valence-corrected chi connectivity index (χ1v) is 5.92. The van der Waals surface area contributed by atoms with Crippen LogP contribution in [0.5, 0.6) is 0 Å². The van der Waals surface area contributed by atoms with Crippen molar-refractivity contribution >= 4 is 17.9 Å². The van der Waals surface area contributed by atoms with Crippen LogP contribution in [0, 0.1) is 0 Å². The van der Waals surface area contributed by atoms with Crippen LogP contribution >= 0.6 is 0 Å². The number of hydroxylamine groups is 1. The molecule has 0 spiro atoms. The summed E-state index contributed by atoms with van der Waals surface area (Å²) in [5.41, 5.74) is -0.345. The van der Waals surface area contributed by atoms with E-state index in [0.717, 1.165) is 6.54 Å². The number of aliphatic carboxylic acids is 2. The van der Waals surface area contributed by atoms with E-state index in [-0.39, 0.29) is 0 Å². The van der Waals surface area contributed by atoms with Crippen LogP contribution in [0.15, 0.2) is 0 Å². The van der Waals surface area contributed by atoms with Gasteiger partial charge in [0.15, 0.2) is 5.60 Å². The largest absolute Gasteiger partial charge is 0.481 e. The first kappa shape index (κ1) is 18.3. The number of aliphatic hydroxyl groups is 1. The SMILES string of the molecule is CN(C)CCCNOC(=O)CC(O)(CC(=O)O)C(=O)O. The third-order valence-electron chi connectivity index (χ3n) is 2.35. The molecule has 0 bridgehead atoms. The lowest BCUT2D eigenvalue weighted by atomic mass is 9.96. The van der Waals surface area contributed by atoms with E-state index in [1.807, 2.05) is 19.0 Å². The van der Waals surface area contributed by atoms with Crippen LogP contribution in [0.25, 0.3) is 0 Å². The molecule has 0 rings (SSSR count). The number of carbonyl (C=O) groups is 3. The Morgan fingerprint density at radius 3 is 2.25 bits per heavy atom. The smallest absolute Gasteiger partial charge is 0.336 e. The lowest BCUT2D eigenvalue weighted by molar-refractivity contribution is -0.174. The molecular formula is C11H20N2O7. The highest BCUT2D eigenvalue weighted by Gasteiger charge is 2.41. The van der Waals surface area contributed by atoms with Crippen molar-refractivity contribution in [2.75, 3.05) is 27.2 Å². The average Bonchev–Trinajstić information content (AvgIpc) is 2.26. The van der Waals surface area contributed by atoms with Gasteiger partial charge in [0.2, 0.25) is 0 Å². The fourth-order valence-corrected chi connectivity index (χ4v) is 1.34. The summed E-state index contributed by atoms with van der Waals surface area (Å²) < 4.78 is 0. The molecule has 0 saturated heterocycles. The predicted octanol–water partition coefficient (Wildman–Crippen LogP) is -1.33. The fraction of sp³-hybridized carbons (Fsp3) is 0.727. The fourth-order valence-electron chi connectivity index (χ4n) is 1.34. The van der Waals surface area contributed by atoms with E-state index in [9.17, 15) is 19.5 Å². The summed E-state index contributed by atoms with van der Waals surface area (Å²) in [4.78, 5) is 39.1.